The van der Waals surface area contributed by atoms with Gasteiger partial charge in [0, 0.05) is 6.92 Å². The summed E-state index contributed by atoms with van der Waals surface area (Å²) in [6, 6.07) is 9.67. The Morgan fingerprint density at radius 1 is 1.41 bits per heavy atom. The van der Waals surface area contributed by atoms with E-state index in [1.54, 1.807) is 6.21 Å². The highest BCUT2D eigenvalue weighted by Crippen LogP contribution is 2.10. The number of hydrogen-bond donors (Lipinski definition) is 0. The van der Waals surface area contributed by atoms with Crippen LogP contribution >= 0.6 is 11.1 Å². The third-order valence-corrected chi connectivity index (χ3v) is 3.45. The predicted octanol–water partition coefficient (Wildman–Crippen LogP) is 2.85. The van der Waals surface area contributed by atoms with Crippen LogP contribution in [0.4, 0.5) is 0 Å². The van der Waals surface area contributed by atoms with Gasteiger partial charge in [-0.05, 0) is 5.56 Å². The van der Waals surface area contributed by atoms with E-state index in [2.05, 4.69) is 5.10 Å². The number of hydrazone groups is 1. The number of benzene rings is 1. The Balaban J connectivity index is 2.74. The summed E-state index contributed by atoms with van der Waals surface area (Å²) in [5, 5.41) is 5.62. The first-order valence-electron chi connectivity index (χ1n) is 5.44. The zero-order valence-corrected chi connectivity index (χ0v) is 12.1. The van der Waals surface area contributed by atoms with Crippen LogP contribution < -0.4 is 0 Å². The van der Waals surface area contributed by atoms with Crippen LogP contribution in [0.3, 0.4) is 0 Å². The van der Waals surface area contributed by atoms with Crippen LogP contribution in [0.15, 0.2) is 35.4 Å². The molecular formula is C12H17ClN2OSi. The monoisotopic (exact) mass is 268 g/mol. The molecule has 92 valence electrons. The molecule has 0 aliphatic rings. The molecule has 0 atom stereocenters. The van der Waals surface area contributed by atoms with E-state index < -0.39 is 7.38 Å². The number of rotatable bonds is 4. The van der Waals surface area contributed by atoms with E-state index in [9.17, 15) is 4.79 Å². The molecule has 1 aromatic rings. The Kier molecular flexibility index (Phi) is 4.90. The van der Waals surface area contributed by atoms with Crippen molar-refractivity contribution >= 4 is 30.6 Å². The first-order valence-corrected chi connectivity index (χ1v) is 9.66. The second-order valence-corrected chi connectivity index (χ2v) is 11.3. The molecule has 1 amide bonds. The summed E-state index contributed by atoms with van der Waals surface area (Å²) >= 11 is 6.22. The molecule has 0 N–H and O–H groups in total. The van der Waals surface area contributed by atoms with Crippen molar-refractivity contribution in [1.29, 1.82) is 0 Å². The highest BCUT2D eigenvalue weighted by Gasteiger charge is 2.22. The van der Waals surface area contributed by atoms with Gasteiger partial charge in [0.05, 0.1) is 12.4 Å². The largest absolute Gasteiger partial charge is 0.273 e. The molecule has 0 spiro atoms. The molecule has 1 aromatic carbocycles. The molecule has 0 aliphatic heterocycles. The van der Waals surface area contributed by atoms with E-state index in [0.29, 0.717) is 6.17 Å². The van der Waals surface area contributed by atoms with Crippen LogP contribution in [0.1, 0.15) is 12.5 Å². The highest BCUT2D eigenvalue weighted by molar-refractivity contribution is 7.19. The van der Waals surface area contributed by atoms with Gasteiger partial charge >= 0.3 is 0 Å². The standard InChI is InChI=1S/C12H17ClN2OSi/c1-11(16)15(10-17(2,3)13)14-9-12-7-5-4-6-8-12/h4-9H,10H2,1-3H3/b14-9+. The molecular weight excluding hydrogens is 252 g/mol. The highest BCUT2D eigenvalue weighted by atomic mass is 35.6. The minimum Gasteiger partial charge on any atom is -0.273 e. The summed E-state index contributed by atoms with van der Waals surface area (Å²) in [6.07, 6.45) is 2.20. The van der Waals surface area contributed by atoms with Gasteiger partial charge in [0.25, 0.3) is 0 Å². The molecule has 1 rings (SSSR count). The Labute approximate surface area is 108 Å². The van der Waals surface area contributed by atoms with E-state index in [1.165, 1.54) is 11.9 Å². The summed E-state index contributed by atoms with van der Waals surface area (Å²) in [6.45, 7) is 5.48. The van der Waals surface area contributed by atoms with Gasteiger partial charge in [0.15, 0.2) is 7.38 Å². The Bertz CT molecular complexity index is 401. The van der Waals surface area contributed by atoms with Gasteiger partial charge < -0.3 is 0 Å². The van der Waals surface area contributed by atoms with Crippen LogP contribution in [0.2, 0.25) is 13.1 Å². The quantitative estimate of drug-likeness (QED) is 0.358. The van der Waals surface area contributed by atoms with Crippen LogP contribution in [0.25, 0.3) is 0 Å². The maximum atomic E-state index is 11.4. The molecule has 0 bridgehead atoms. The summed E-state index contributed by atoms with van der Waals surface area (Å²) in [5.41, 5.74) is 0.966. The van der Waals surface area contributed by atoms with Gasteiger partial charge in [-0.3, -0.25) is 4.79 Å². The first-order chi connectivity index (χ1) is 7.88. The van der Waals surface area contributed by atoms with Crippen molar-refractivity contribution in [2.75, 3.05) is 6.17 Å². The maximum absolute atomic E-state index is 11.4. The van der Waals surface area contributed by atoms with E-state index in [-0.39, 0.29) is 5.91 Å². The molecule has 0 heterocycles. The number of carbonyl (C=O) groups is 1. The first kappa shape index (κ1) is 13.9. The van der Waals surface area contributed by atoms with Gasteiger partial charge in [-0.25, -0.2) is 5.01 Å². The van der Waals surface area contributed by atoms with Gasteiger partial charge in [0.2, 0.25) is 5.91 Å². The van der Waals surface area contributed by atoms with Crippen molar-refractivity contribution in [3.05, 3.63) is 35.9 Å². The van der Waals surface area contributed by atoms with Crippen molar-refractivity contribution in [3.8, 4) is 0 Å². The lowest BCUT2D eigenvalue weighted by atomic mass is 10.2. The van der Waals surface area contributed by atoms with Crippen LogP contribution in [0, 0.1) is 0 Å². The maximum Gasteiger partial charge on any atom is 0.239 e. The van der Waals surface area contributed by atoms with Crippen LogP contribution in [-0.2, 0) is 4.79 Å². The fraction of sp³-hybridized carbons (Fsp3) is 0.333. The molecule has 17 heavy (non-hydrogen) atoms. The van der Waals surface area contributed by atoms with Crippen LogP contribution in [0.5, 0.6) is 0 Å². The normalized spacial score (nSPS) is 11.8. The number of amides is 1. The topological polar surface area (TPSA) is 32.7 Å². The summed E-state index contributed by atoms with van der Waals surface area (Å²) in [7, 11) is -1.86. The molecule has 5 heteroatoms. The minimum absolute atomic E-state index is 0.0848. The number of hydrogen-bond acceptors (Lipinski definition) is 2. The van der Waals surface area contributed by atoms with E-state index in [0.717, 1.165) is 5.56 Å². The zero-order valence-electron chi connectivity index (χ0n) is 10.4. The molecule has 0 aromatic heterocycles. The molecule has 0 saturated heterocycles. The minimum atomic E-state index is -1.86. The molecule has 0 aliphatic carbocycles. The Morgan fingerprint density at radius 3 is 2.47 bits per heavy atom. The second kappa shape index (κ2) is 5.98. The van der Waals surface area contributed by atoms with Gasteiger partial charge in [-0.1, -0.05) is 43.4 Å². The summed E-state index contributed by atoms with van der Waals surface area (Å²) < 4.78 is 0. The number of halogens is 1. The van der Waals surface area contributed by atoms with Crippen molar-refractivity contribution in [2.24, 2.45) is 5.10 Å². The molecule has 0 unspecified atom stereocenters. The smallest absolute Gasteiger partial charge is 0.239 e. The average molecular weight is 269 g/mol. The lowest BCUT2D eigenvalue weighted by molar-refractivity contribution is -0.128. The van der Waals surface area contributed by atoms with Crippen molar-refractivity contribution in [3.63, 3.8) is 0 Å². The van der Waals surface area contributed by atoms with E-state index in [1.807, 2.05) is 43.4 Å². The lowest BCUT2D eigenvalue weighted by Gasteiger charge is -2.21. The van der Waals surface area contributed by atoms with Crippen molar-refractivity contribution in [1.82, 2.24) is 5.01 Å². The van der Waals surface area contributed by atoms with Gasteiger partial charge in [-0.15, -0.1) is 0 Å². The van der Waals surface area contributed by atoms with E-state index >= 15 is 0 Å². The van der Waals surface area contributed by atoms with Crippen molar-refractivity contribution < 1.29 is 4.79 Å². The molecule has 0 saturated carbocycles. The lowest BCUT2D eigenvalue weighted by Crippen LogP contribution is -2.38. The van der Waals surface area contributed by atoms with E-state index in [4.69, 9.17) is 11.1 Å². The predicted molar refractivity (Wildman–Crippen MR) is 74.8 cm³/mol. The Morgan fingerprint density at radius 2 is 2.00 bits per heavy atom. The third-order valence-electron chi connectivity index (χ3n) is 2.04. The number of nitrogens with zero attached hydrogens (tertiary/aromatic N) is 2. The van der Waals surface area contributed by atoms with Crippen LogP contribution in [-0.4, -0.2) is 30.7 Å². The zero-order chi connectivity index (χ0) is 12.9. The molecule has 0 fully saturated rings. The van der Waals surface area contributed by atoms with Gasteiger partial charge in [-0.2, -0.15) is 16.2 Å². The second-order valence-electron chi connectivity index (χ2n) is 4.45. The fourth-order valence-corrected chi connectivity index (χ4v) is 2.62. The fourth-order valence-electron chi connectivity index (χ4n) is 1.27. The SMILES string of the molecule is CC(=O)N(C[Si](C)(C)Cl)/N=C/c1ccccc1. The summed E-state index contributed by atoms with van der Waals surface area (Å²) in [4.78, 5) is 11.4. The van der Waals surface area contributed by atoms with Gasteiger partial charge in [0.1, 0.15) is 0 Å². The van der Waals surface area contributed by atoms with Crippen molar-refractivity contribution in [2.45, 2.75) is 20.0 Å². The molecule has 0 radical (unpaired) electrons. The summed E-state index contributed by atoms with van der Waals surface area (Å²) in [5.74, 6) is -0.0848. The molecule has 3 nitrogen and oxygen atoms in total. The third kappa shape index (κ3) is 5.65. The average Bonchev–Trinajstić information content (AvgIpc) is 2.24. The Hall–Kier alpha value is -1.13. The number of carbonyl (C=O) groups excluding carboxylic acids is 1.